The lowest BCUT2D eigenvalue weighted by molar-refractivity contribution is -0.110. The van der Waals surface area contributed by atoms with Crippen molar-refractivity contribution in [2.24, 2.45) is 5.73 Å². The monoisotopic (exact) mass is 556 g/mol. The summed E-state index contributed by atoms with van der Waals surface area (Å²) < 4.78 is 13.2. The number of hydrogen-bond donors (Lipinski definition) is 3. The van der Waals surface area contributed by atoms with Gasteiger partial charge in [-0.1, -0.05) is 29.3 Å². The van der Waals surface area contributed by atoms with E-state index in [0.717, 1.165) is 17.7 Å². The van der Waals surface area contributed by atoms with Gasteiger partial charge in [0.1, 0.15) is 0 Å². The van der Waals surface area contributed by atoms with E-state index < -0.39 is 10.8 Å². The van der Waals surface area contributed by atoms with E-state index in [1.807, 2.05) is 13.8 Å². The first-order chi connectivity index (χ1) is 17.6. The zero-order valence-electron chi connectivity index (χ0n) is 20.4. The fraction of sp³-hybridized carbons (Fsp3) is 0.259. The summed E-state index contributed by atoms with van der Waals surface area (Å²) in [5, 5.41) is 3.78. The number of hydrogen-bond acceptors (Lipinski definition) is 4. The zero-order chi connectivity index (χ0) is 26.4. The summed E-state index contributed by atoms with van der Waals surface area (Å²) >= 11 is 12.5. The van der Waals surface area contributed by atoms with E-state index in [4.69, 9.17) is 28.9 Å². The number of anilines is 1. The Kier molecular flexibility index (Phi) is 7.02. The maximum atomic E-state index is 13.2. The fourth-order valence-corrected chi connectivity index (χ4v) is 6.75. The molecule has 1 aromatic heterocycles. The highest BCUT2D eigenvalue weighted by molar-refractivity contribution is 7.84. The normalized spacial score (nSPS) is 18.8. The number of benzene rings is 2. The Labute approximate surface area is 227 Å². The molecule has 37 heavy (non-hydrogen) atoms. The minimum absolute atomic E-state index is 0.00234. The van der Waals surface area contributed by atoms with Crippen molar-refractivity contribution in [3.8, 4) is 0 Å². The van der Waals surface area contributed by atoms with Crippen LogP contribution in [0.1, 0.15) is 44.9 Å². The van der Waals surface area contributed by atoms with Crippen LogP contribution >= 0.6 is 23.2 Å². The maximum Gasteiger partial charge on any atom is 0.256 e. The molecule has 5 rings (SSSR count). The van der Waals surface area contributed by atoms with Crippen LogP contribution in [-0.4, -0.2) is 45.0 Å². The van der Waals surface area contributed by atoms with Crippen LogP contribution in [0.25, 0.3) is 11.6 Å². The number of fused-ring (bicyclic) bond motifs is 1. The highest BCUT2D eigenvalue weighted by atomic mass is 35.5. The van der Waals surface area contributed by atoms with E-state index in [2.05, 4.69) is 10.3 Å². The van der Waals surface area contributed by atoms with Crippen LogP contribution in [0.5, 0.6) is 0 Å². The first kappa shape index (κ1) is 25.7. The Balaban J connectivity index is 1.46. The molecule has 0 aliphatic carbocycles. The van der Waals surface area contributed by atoms with Gasteiger partial charge in [-0.25, -0.2) is 0 Å². The number of nitrogens with two attached hydrogens (primary N) is 1. The van der Waals surface area contributed by atoms with E-state index in [9.17, 15) is 13.8 Å². The lowest BCUT2D eigenvalue weighted by Crippen LogP contribution is -2.32. The largest absolute Gasteiger partial charge is 0.358 e. The third-order valence-corrected chi connectivity index (χ3v) is 8.90. The van der Waals surface area contributed by atoms with Gasteiger partial charge in [-0.15, -0.1) is 0 Å². The van der Waals surface area contributed by atoms with Crippen molar-refractivity contribution in [2.45, 2.75) is 37.0 Å². The number of aryl methyl sites for hydroxylation is 1. The van der Waals surface area contributed by atoms with Gasteiger partial charge in [0.05, 0.1) is 27.7 Å². The molecular weight excluding hydrogens is 531 g/mol. The molecule has 1 unspecified atom stereocenters. The van der Waals surface area contributed by atoms with Crippen LogP contribution in [0, 0.1) is 13.8 Å². The Morgan fingerprint density at radius 1 is 1.22 bits per heavy atom. The topological polar surface area (TPSA) is 108 Å². The molecule has 2 aromatic carbocycles. The summed E-state index contributed by atoms with van der Waals surface area (Å²) in [5.41, 5.74) is 11.1. The smallest absolute Gasteiger partial charge is 0.256 e. The molecule has 2 amide bonds. The molecule has 2 atom stereocenters. The maximum absolute atomic E-state index is 13.2. The average molecular weight is 558 g/mol. The number of likely N-dealkylation sites (tertiary alicyclic amines) is 1. The summed E-state index contributed by atoms with van der Waals surface area (Å²) in [7, 11) is -1.44. The lowest BCUT2D eigenvalue weighted by Gasteiger charge is -2.16. The van der Waals surface area contributed by atoms with Crippen LogP contribution in [-0.2, 0) is 21.3 Å². The molecule has 0 saturated carbocycles. The van der Waals surface area contributed by atoms with Crippen molar-refractivity contribution < 1.29 is 13.8 Å². The molecule has 2 aliphatic rings. The number of H-pyrrole nitrogens is 1. The number of amides is 2. The van der Waals surface area contributed by atoms with E-state index in [1.165, 1.54) is 0 Å². The highest BCUT2D eigenvalue weighted by Gasteiger charge is 2.30. The predicted molar refractivity (Wildman–Crippen MR) is 148 cm³/mol. The lowest BCUT2D eigenvalue weighted by atomic mass is 10.0. The summed E-state index contributed by atoms with van der Waals surface area (Å²) in [5.74, 6) is -0.175. The van der Waals surface area contributed by atoms with Crippen LogP contribution in [0.15, 0.2) is 41.3 Å². The van der Waals surface area contributed by atoms with Crippen LogP contribution < -0.4 is 11.1 Å². The van der Waals surface area contributed by atoms with Gasteiger partial charge in [-0.3, -0.25) is 13.8 Å². The number of halogens is 2. The van der Waals surface area contributed by atoms with Gasteiger partial charge in [0.15, 0.2) is 0 Å². The van der Waals surface area contributed by atoms with Gasteiger partial charge in [0, 0.05) is 62.3 Å². The van der Waals surface area contributed by atoms with E-state index in [1.54, 1.807) is 47.4 Å². The molecule has 1 saturated heterocycles. The minimum Gasteiger partial charge on any atom is -0.358 e. The van der Waals surface area contributed by atoms with E-state index in [-0.39, 0.29) is 23.6 Å². The van der Waals surface area contributed by atoms with Crippen LogP contribution in [0.4, 0.5) is 5.69 Å². The minimum atomic E-state index is -1.44. The third kappa shape index (κ3) is 4.86. The Morgan fingerprint density at radius 3 is 2.62 bits per heavy atom. The molecule has 3 aromatic rings. The summed E-state index contributed by atoms with van der Waals surface area (Å²) in [6.45, 7) is 4.89. The molecule has 0 spiro atoms. The van der Waals surface area contributed by atoms with Crippen molar-refractivity contribution in [1.82, 2.24) is 9.88 Å². The number of carbonyl (C=O) groups is 2. The second kappa shape index (κ2) is 10.1. The van der Waals surface area contributed by atoms with Crippen molar-refractivity contribution in [3.63, 3.8) is 0 Å². The number of aromatic amines is 1. The SMILES string of the molecule is Cc1[nH]c(C=C2C(=O)Nc3ccc(S(=O)Cc4c(Cl)cccc4Cl)cc32)c(C)c1C(=O)N1CC[C@H](N)C1. The van der Waals surface area contributed by atoms with Crippen molar-refractivity contribution in [1.29, 1.82) is 0 Å². The predicted octanol–water partition coefficient (Wildman–Crippen LogP) is 4.91. The molecule has 10 heteroatoms. The molecular formula is C27H26Cl2N4O3S. The molecule has 192 valence electrons. The molecule has 0 bridgehead atoms. The third-order valence-electron chi connectivity index (χ3n) is 6.86. The van der Waals surface area contributed by atoms with Crippen LogP contribution in [0.3, 0.4) is 0 Å². The van der Waals surface area contributed by atoms with Gasteiger partial charge in [0.2, 0.25) is 0 Å². The number of carbonyl (C=O) groups excluding carboxylic acids is 2. The highest BCUT2D eigenvalue weighted by Crippen LogP contribution is 2.36. The number of rotatable bonds is 5. The number of nitrogens with one attached hydrogen (secondary N) is 2. The second-order valence-corrected chi connectivity index (χ2v) is 11.6. The number of aromatic nitrogens is 1. The summed E-state index contributed by atoms with van der Waals surface area (Å²) in [4.78, 5) is 31.6. The standard InChI is InChI=1S/C27H26Cl2N4O3S/c1-14-24(31-15(2)25(14)27(35)33-9-8-16(30)12-33)11-19-18-10-17(6-7-23(18)32-26(19)34)37(36)13-20-21(28)4-3-5-22(20)29/h3-7,10-11,16,31H,8-9,12-13,30H2,1-2H3,(H,32,34)/t16-,37?/m0/s1. The van der Waals surface area contributed by atoms with Gasteiger partial charge in [-0.2, -0.15) is 0 Å². The Hall–Kier alpha value is -2.91. The van der Waals surface area contributed by atoms with Crippen LogP contribution in [0.2, 0.25) is 10.0 Å². The summed E-state index contributed by atoms with van der Waals surface area (Å²) in [6.07, 6.45) is 2.53. The molecule has 1 fully saturated rings. The second-order valence-electron chi connectivity index (χ2n) is 9.37. The van der Waals surface area contributed by atoms with Crippen molar-refractivity contribution >= 4 is 63.2 Å². The molecule has 2 aliphatic heterocycles. The van der Waals surface area contributed by atoms with Gasteiger partial charge < -0.3 is 20.9 Å². The molecule has 4 N–H and O–H groups in total. The fourth-order valence-electron chi connectivity index (χ4n) is 4.85. The van der Waals surface area contributed by atoms with Gasteiger partial charge in [0.25, 0.3) is 11.8 Å². The van der Waals surface area contributed by atoms with Crippen molar-refractivity contribution in [3.05, 3.63) is 80.1 Å². The zero-order valence-corrected chi connectivity index (χ0v) is 22.7. The quantitative estimate of drug-likeness (QED) is 0.388. The average Bonchev–Trinajstić information content (AvgIpc) is 3.51. The molecule has 3 heterocycles. The molecule has 7 nitrogen and oxygen atoms in total. The van der Waals surface area contributed by atoms with E-state index >= 15 is 0 Å². The first-order valence-electron chi connectivity index (χ1n) is 11.9. The first-order valence-corrected chi connectivity index (χ1v) is 13.9. The number of nitrogens with zero attached hydrogens (tertiary/aromatic N) is 1. The Bertz CT molecular complexity index is 1480. The molecule has 0 radical (unpaired) electrons. The van der Waals surface area contributed by atoms with E-state index in [0.29, 0.717) is 61.7 Å². The van der Waals surface area contributed by atoms with Gasteiger partial charge in [-0.05, 0) is 62.2 Å². The Morgan fingerprint density at radius 2 is 1.95 bits per heavy atom. The van der Waals surface area contributed by atoms with Crippen molar-refractivity contribution in [2.75, 3.05) is 18.4 Å². The summed E-state index contributed by atoms with van der Waals surface area (Å²) in [6, 6.07) is 10.4. The van der Waals surface area contributed by atoms with Gasteiger partial charge >= 0.3 is 0 Å².